The summed E-state index contributed by atoms with van der Waals surface area (Å²) in [5, 5.41) is 2.72. The minimum Gasteiger partial charge on any atom is -0.497 e. The zero-order valence-electron chi connectivity index (χ0n) is 16.3. The second kappa shape index (κ2) is 10.1. The molecule has 2 rings (SSSR count). The van der Waals surface area contributed by atoms with Crippen molar-refractivity contribution >= 4 is 21.6 Å². The predicted octanol–water partition coefficient (Wildman–Crippen LogP) is 2.18. The standard InChI is InChI=1S/C20H26N2O5S/c1-16(20(23)21-13-14-27-15-17-7-5-4-6-8-17)22(28(3,24)25)18-9-11-19(26-2)12-10-18/h4-12,16H,13-15H2,1-3H3,(H,21,23)/t16-/m1/s1. The van der Waals surface area contributed by atoms with Gasteiger partial charge in [-0.15, -0.1) is 0 Å². The fourth-order valence-corrected chi connectivity index (χ4v) is 3.87. The number of hydrogen-bond donors (Lipinski definition) is 1. The van der Waals surface area contributed by atoms with E-state index >= 15 is 0 Å². The maximum absolute atomic E-state index is 12.5. The van der Waals surface area contributed by atoms with Gasteiger partial charge in [-0.3, -0.25) is 9.10 Å². The van der Waals surface area contributed by atoms with Crippen LogP contribution in [0.15, 0.2) is 54.6 Å². The number of carbonyl (C=O) groups is 1. The molecule has 2 aromatic carbocycles. The Morgan fingerprint density at radius 1 is 1.11 bits per heavy atom. The van der Waals surface area contributed by atoms with E-state index in [-0.39, 0.29) is 6.54 Å². The molecule has 8 heteroatoms. The maximum atomic E-state index is 12.5. The number of amides is 1. The molecule has 0 heterocycles. The van der Waals surface area contributed by atoms with Crippen LogP contribution in [0, 0.1) is 0 Å². The Hall–Kier alpha value is -2.58. The Bertz CT molecular complexity index is 854. The van der Waals surface area contributed by atoms with Crippen molar-refractivity contribution in [3.05, 3.63) is 60.2 Å². The number of nitrogens with one attached hydrogen (secondary N) is 1. The van der Waals surface area contributed by atoms with Crippen molar-refractivity contribution in [1.82, 2.24) is 5.32 Å². The van der Waals surface area contributed by atoms with Crippen LogP contribution in [0.1, 0.15) is 12.5 Å². The van der Waals surface area contributed by atoms with Crippen molar-refractivity contribution in [1.29, 1.82) is 0 Å². The first-order valence-electron chi connectivity index (χ1n) is 8.85. The van der Waals surface area contributed by atoms with E-state index in [0.29, 0.717) is 24.7 Å². The summed E-state index contributed by atoms with van der Waals surface area (Å²) >= 11 is 0. The second-order valence-electron chi connectivity index (χ2n) is 6.26. The zero-order valence-corrected chi connectivity index (χ0v) is 17.1. The van der Waals surface area contributed by atoms with Crippen molar-refractivity contribution in [3.63, 3.8) is 0 Å². The first-order valence-corrected chi connectivity index (χ1v) is 10.7. The van der Waals surface area contributed by atoms with E-state index < -0.39 is 22.0 Å². The van der Waals surface area contributed by atoms with E-state index in [1.165, 1.54) is 7.11 Å². The van der Waals surface area contributed by atoms with Gasteiger partial charge in [0.05, 0.1) is 32.3 Å². The molecule has 152 valence electrons. The van der Waals surface area contributed by atoms with Crippen LogP contribution in [0.4, 0.5) is 5.69 Å². The van der Waals surface area contributed by atoms with Gasteiger partial charge in [0, 0.05) is 6.54 Å². The van der Waals surface area contributed by atoms with Crippen molar-refractivity contribution < 1.29 is 22.7 Å². The van der Waals surface area contributed by atoms with Gasteiger partial charge in [0.25, 0.3) is 0 Å². The number of benzene rings is 2. The SMILES string of the molecule is COc1ccc(N([C@H](C)C(=O)NCCOCc2ccccc2)S(C)(=O)=O)cc1. The Balaban J connectivity index is 1.91. The van der Waals surface area contributed by atoms with Crippen LogP contribution in [0.5, 0.6) is 5.75 Å². The fourth-order valence-electron chi connectivity index (χ4n) is 2.70. The number of ether oxygens (including phenoxy) is 2. The molecule has 0 bridgehead atoms. The van der Waals surface area contributed by atoms with Gasteiger partial charge in [0.1, 0.15) is 11.8 Å². The lowest BCUT2D eigenvalue weighted by molar-refractivity contribution is -0.122. The number of anilines is 1. The third kappa shape index (κ3) is 6.24. The summed E-state index contributed by atoms with van der Waals surface area (Å²) in [4.78, 5) is 12.5. The molecule has 2 aromatic rings. The van der Waals surface area contributed by atoms with E-state index in [1.54, 1.807) is 31.2 Å². The molecule has 0 unspecified atom stereocenters. The van der Waals surface area contributed by atoms with Crippen molar-refractivity contribution in [3.8, 4) is 5.75 Å². The fraction of sp³-hybridized carbons (Fsp3) is 0.350. The molecule has 1 amide bonds. The molecule has 0 spiro atoms. The number of rotatable bonds is 10. The summed E-state index contributed by atoms with van der Waals surface area (Å²) in [6.07, 6.45) is 1.07. The van der Waals surface area contributed by atoms with Gasteiger partial charge in [-0.1, -0.05) is 30.3 Å². The summed E-state index contributed by atoms with van der Waals surface area (Å²) in [6, 6.07) is 15.3. The Morgan fingerprint density at radius 2 is 1.75 bits per heavy atom. The number of hydrogen-bond acceptors (Lipinski definition) is 5. The lowest BCUT2D eigenvalue weighted by Gasteiger charge is -2.28. The summed E-state index contributed by atoms with van der Waals surface area (Å²) in [5.74, 6) is 0.203. The normalized spacial score (nSPS) is 12.2. The highest BCUT2D eigenvalue weighted by Gasteiger charge is 2.28. The number of nitrogens with zero attached hydrogens (tertiary/aromatic N) is 1. The van der Waals surface area contributed by atoms with Gasteiger partial charge in [0.2, 0.25) is 15.9 Å². The number of carbonyl (C=O) groups excluding carboxylic acids is 1. The Labute approximate surface area is 166 Å². The van der Waals surface area contributed by atoms with Crippen LogP contribution in [-0.2, 0) is 26.2 Å². The highest BCUT2D eigenvalue weighted by atomic mass is 32.2. The minimum atomic E-state index is -3.65. The quantitative estimate of drug-likeness (QED) is 0.612. The number of methoxy groups -OCH3 is 1. The summed E-state index contributed by atoms with van der Waals surface area (Å²) in [5.41, 5.74) is 1.44. The van der Waals surface area contributed by atoms with Crippen molar-refractivity contribution in [2.24, 2.45) is 0 Å². The summed E-state index contributed by atoms with van der Waals surface area (Å²) < 4.78 is 36.2. The molecular formula is C20H26N2O5S. The average molecular weight is 407 g/mol. The first-order chi connectivity index (χ1) is 13.3. The Morgan fingerprint density at radius 3 is 2.32 bits per heavy atom. The second-order valence-corrected chi connectivity index (χ2v) is 8.12. The van der Waals surface area contributed by atoms with Crippen LogP contribution in [-0.4, -0.2) is 46.9 Å². The summed E-state index contributed by atoms with van der Waals surface area (Å²) in [6.45, 7) is 2.62. The van der Waals surface area contributed by atoms with Gasteiger partial charge in [-0.25, -0.2) is 8.42 Å². The molecule has 0 fully saturated rings. The summed E-state index contributed by atoms with van der Waals surface area (Å²) in [7, 11) is -2.13. The van der Waals surface area contributed by atoms with Gasteiger partial charge in [0.15, 0.2) is 0 Å². The van der Waals surface area contributed by atoms with E-state index in [4.69, 9.17) is 9.47 Å². The molecule has 28 heavy (non-hydrogen) atoms. The van der Waals surface area contributed by atoms with E-state index in [2.05, 4.69) is 5.32 Å². The van der Waals surface area contributed by atoms with E-state index in [1.807, 2.05) is 30.3 Å². The highest BCUT2D eigenvalue weighted by Crippen LogP contribution is 2.23. The topological polar surface area (TPSA) is 84.9 Å². The Kier molecular flexibility index (Phi) is 7.83. The van der Waals surface area contributed by atoms with Gasteiger partial charge < -0.3 is 14.8 Å². The average Bonchev–Trinajstić information content (AvgIpc) is 2.68. The molecule has 7 nitrogen and oxygen atoms in total. The molecule has 0 aliphatic heterocycles. The molecule has 1 N–H and O–H groups in total. The van der Waals surface area contributed by atoms with E-state index in [9.17, 15) is 13.2 Å². The monoisotopic (exact) mass is 406 g/mol. The smallest absolute Gasteiger partial charge is 0.243 e. The van der Waals surface area contributed by atoms with Crippen LogP contribution in [0.3, 0.4) is 0 Å². The van der Waals surface area contributed by atoms with Crippen LogP contribution in [0.2, 0.25) is 0 Å². The van der Waals surface area contributed by atoms with E-state index in [0.717, 1.165) is 16.1 Å². The molecule has 0 aliphatic rings. The van der Waals surface area contributed by atoms with Crippen LogP contribution >= 0.6 is 0 Å². The third-order valence-electron chi connectivity index (χ3n) is 4.07. The minimum absolute atomic E-state index is 0.288. The molecule has 0 aromatic heterocycles. The first kappa shape index (κ1) is 21.7. The van der Waals surface area contributed by atoms with Gasteiger partial charge >= 0.3 is 0 Å². The largest absolute Gasteiger partial charge is 0.497 e. The van der Waals surface area contributed by atoms with Crippen LogP contribution in [0.25, 0.3) is 0 Å². The molecular weight excluding hydrogens is 380 g/mol. The number of sulfonamides is 1. The highest BCUT2D eigenvalue weighted by molar-refractivity contribution is 7.92. The predicted molar refractivity (Wildman–Crippen MR) is 109 cm³/mol. The lowest BCUT2D eigenvalue weighted by atomic mass is 10.2. The molecule has 0 saturated heterocycles. The van der Waals surface area contributed by atoms with Crippen LogP contribution < -0.4 is 14.4 Å². The van der Waals surface area contributed by atoms with Gasteiger partial charge in [-0.05, 0) is 36.8 Å². The van der Waals surface area contributed by atoms with Crippen molar-refractivity contribution in [2.75, 3.05) is 30.8 Å². The molecule has 1 atom stereocenters. The van der Waals surface area contributed by atoms with Gasteiger partial charge in [-0.2, -0.15) is 0 Å². The zero-order chi connectivity index (χ0) is 20.6. The molecule has 0 radical (unpaired) electrons. The lowest BCUT2D eigenvalue weighted by Crippen LogP contribution is -2.48. The third-order valence-corrected chi connectivity index (χ3v) is 5.31. The molecule has 0 saturated carbocycles. The van der Waals surface area contributed by atoms with Crippen molar-refractivity contribution in [2.45, 2.75) is 19.6 Å². The maximum Gasteiger partial charge on any atom is 0.243 e. The molecule has 0 aliphatic carbocycles.